The van der Waals surface area contributed by atoms with Crippen molar-refractivity contribution in [2.45, 2.75) is 11.3 Å². The number of hydrogen-bond acceptors (Lipinski definition) is 5. The Hall–Kier alpha value is -0.740. The van der Waals surface area contributed by atoms with Gasteiger partial charge in [0, 0.05) is 19.3 Å². The minimum absolute atomic E-state index is 0.0933. The molecule has 10 heteroatoms. The second-order valence-electron chi connectivity index (χ2n) is 3.71. The first-order valence-electron chi connectivity index (χ1n) is 5.27. The fraction of sp³-hybridized carbons (Fsp3) is 0.444. The summed E-state index contributed by atoms with van der Waals surface area (Å²) in [5.74, 6) is 0. The van der Waals surface area contributed by atoms with E-state index in [-0.39, 0.29) is 23.1 Å². The summed E-state index contributed by atoms with van der Waals surface area (Å²) in [7, 11) is -6.99. The van der Waals surface area contributed by atoms with E-state index < -0.39 is 20.0 Å². The van der Waals surface area contributed by atoms with E-state index in [1.165, 1.54) is 18.3 Å². The molecule has 0 saturated carbocycles. The molecule has 7 nitrogen and oxygen atoms in total. The van der Waals surface area contributed by atoms with Crippen LogP contribution in [0, 0.1) is 0 Å². The first-order chi connectivity index (χ1) is 8.72. The maximum atomic E-state index is 11.8. The Morgan fingerprint density at radius 3 is 2.42 bits per heavy atom. The Kier molecular flexibility index (Phi) is 5.68. The zero-order valence-corrected chi connectivity index (χ0v) is 12.5. The standard InChI is InChI=1S/C9H14ClN3O4S2/c1-18(14,15)12-6-3-7-13-19(16,17)8-4-2-5-11-9(8)10/h2,4-5,12-13H,3,6-7H2,1H3. The second-order valence-corrected chi connectivity index (χ2v) is 7.64. The summed E-state index contributed by atoms with van der Waals surface area (Å²) in [5, 5.41) is -0.107. The number of nitrogens with zero attached hydrogens (tertiary/aromatic N) is 1. The smallest absolute Gasteiger partial charge is 0.243 e. The van der Waals surface area contributed by atoms with Crippen LogP contribution in [0.15, 0.2) is 23.2 Å². The first kappa shape index (κ1) is 16.3. The normalized spacial score (nSPS) is 12.5. The molecule has 1 aromatic rings. The number of pyridine rings is 1. The Balaban J connectivity index is 2.51. The molecule has 0 spiro atoms. The molecule has 0 saturated heterocycles. The highest BCUT2D eigenvalue weighted by Crippen LogP contribution is 2.17. The van der Waals surface area contributed by atoms with Crippen molar-refractivity contribution in [1.82, 2.24) is 14.4 Å². The van der Waals surface area contributed by atoms with Gasteiger partial charge in [-0.3, -0.25) is 0 Å². The van der Waals surface area contributed by atoms with Crippen molar-refractivity contribution >= 4 is 31.6 Å². The van der Waals surface area contributed by atoms with E-state index in [9.17, 15) is 16.8 Å². The third-order valence-electron chi connectivity index (χ3n) is 2.02. The van der Waals surface area contributed by atoms with Crippen LogP contribution >= 0.6 is 11.6 Å². The third kappa shape index (κ3) is 5.83. The largest absolute Gasteiger partial charge is 0.243 e. The summed E-state index contributed by atoms with van der Waals surface area (Å²) in [6.45, 7) is 0.248. The third-order valence-corrected chi connectivity index (χ3v) is 4.66. The van der Waals surface area contributed by atoms with E-state index in [0.717, 1.165) is 6.26 Å². The van der Waals surface area contributed by atoms with Crippen molar-refractivity contribution in [1.29, 1.82) is 0 Å². The average molecular weight is 328 g/mol. The van der Waals surface area contributed by atoms with Crippen LogP contribution in [-0.2, 0) is 20.0 Å². The highest BCUT2D eigenvalue weighted by Gasteiger charge is 2.17. The van der Waals surface area contributed by atoms with E-state index in [2.05, 4.69) is 14.4 Å². The molecule has 0 aromatic carbocycles. The van der Waals surface area contributed by atoms with Crippen LogP contribution in [0.2, 0.25) is 5.15 Å². The van der Waals surface area contributed by atoms with Crippen molar-refractivity contribution in [3.8, 4) is 0 Å². The molecule has 19 heavy (non-hydrogen) atoms. The minimum atomic E-state index is -3.73. The zero-order valence-electron chi connectivity index (χ0n) is 10.1. The summed E-state index contributed by atoms with van der Waals surface area (Å²) in [4.78, 5) is 3.57. The van der Waals surface area contributed by atoms with Gasteiger partial charge in [0.05, 0.1) is 6.26 Å². The van der Waals surface area contributed by atoms with Crippen molar-refractivity contribution in [2.75, 3.05) is 19.3 Å². The number of hydrogen-bond donors (Lipinski definition) is 2. The number of aromatic nitrogens is 1. The van der Waals surface area contributed by atoms with Crippen molar-refractivity contribution in [3.63, 3.8) is 0 Å². The average Bonchev–Trinajstić information content (AvgIpc) is 2.27. The minimum Gasteiger partial charge on any atom is -0.243 e. The van der Waals surface area contributed by atoms with E-state index >= 15 is 0 Å². The first-order valence-corrected chi connectivity index (χ1v) is 9.02. The molecule has 0 unspecified atom stereocenters. The van der Waals surface area contributed by atoms with Gasteiger partial charge in [-0.05, 0) is 18.6 Å². The Bertz CT molecular complexity index is 631. The SMILES string of the molecule is CS(=O)(=O)NCCCNS(=O)(=O)c1cccnc1Cl. The molecule has 0 fully saturated rings. The number of nitrogens with one attached hydrogen (secondary N) is 2. The van der Waals surface area contributed by atoms with Gasteiger partial charge in [-0.1, -0.05) is 11.6 Å². The molecule has 2 N–H and O–H groups in total. The van der Waals surface area contributed by atoms with Gasteiger partial charge in [-0.15, -0.1) is 0 Å². The lowest BCUT2D eigenvalue weighted by Gasteiger charge is -2.07. The second kappa shape index (κ2) is 6.62. The van der Waals surface area contributed by atoms with E-state index in [0.29, 0.717) is 6.42 Å². The molecular weight excluding hydrogens is 314 g/mol. The monoisotopic (exact) mass is 327 g/mol. The fourth-order valence-electron chi connectivity index (χ4n) is 1.20. The van der Waals surface area contributed by atoms with Gasteiger partial charge in [0.2, 0.25) is 20.0 Å². The summed E-state index contributed by atoms with van der Waals surface area (Å²) in [6.07, 6.45) is 2.74. The van der Waals surface area contributed by atoms with E-state index in [1.807, 2.05) is 0 Å². The van der Waals surface area contributed by atoms with Gasteiger partial charge in [0.15, 0.2) is 0 Å². The van der Waals surface area contributed by atoms with Crippen LogP contribution in [0.25, 0.3) is 0 Å². The van der Waals surface area contributed by atoms with Gasteiger partial charge in [0.25, 0.3) is 0 Å². The van der Waals surface area contributed by atoms with Crippen LogP contribution in [0.4, 0.5) is 0 Å². The number of sulfonamides is 2. The fourth-order valence-corrected chi connectivity index (χ4v) is 3.24. The van der Waals surface area contributed by atoms with Crippen LogP contribution < -0.4 is 9.44 Å². The van der Waals surface area contributed by atoms with Gasteiger partial charge < -0.3 is 0 Å². The van der Waals surface area contributed by atoms with Crippen LogP contribution in [0.5, 0.6) is 0 Å². The lowest BCUT2D eigenvalue weighted by atomic mass is 10.4. The van der Waals surface area contributed by atoms with Crippen LogP contribution in [0.3, 0.4) is 0 Å². The lowest BCUT2D eigenvalue weighted by molar-refractivity contribution is 0.574. The van der Waals surface area contributed by atoms with Crippen molar-refractivity contribution in [2.24, 2.45) is 0 Å². The molecule has 0 bridgehead atoms. The molecular formula is C9H14ClN3O4S2. The van der Waals surface area contributed by atoms with Gasteiger partial charge >= 0.3 is 0 Å². The number of rotatable bonds is 7. The molecule has 108 valence electrons. The summed E-state index contributed by atoms with van der Waals surface area (Å²) in [5.41, 5.74) is 0. The predicted molar refractivity (Wildman–Crippen MR) is 71.9 cm³/mol. The molecule has 1 heterocycles. The Morgan fingerprint density at radius 2 is 1.84 bits per heavy atom. The van der Waals surface area contributed by atoms with E-state index in [4.69, 9.17) is 11.6 Å². The highest BCUT2D eigenvalue weighted by atomic mass is 35.5. The Morgan fingerprint density at radius 1 is 1.21 bits per heavy atom. The molecule has 0 aliphatic carbocycles. The summed E-state index contributed by atoms with van der Waals surface area (Å²) in [6, 6.07) is 2.80. The molecule has 0 aliphatic heterocycles. The molecule has 0 atom stereocenters. The number of halogens is 1. The van der Waals surface area contributed by atoms with Crippen LogP contribution in [-0.4, -0.2) is 41.2 Å². The highest BCUT2D eigenvalue weighted by molar-refractivity contribution is 7.89. The van der Waals surface area contributed by atoms with E-state index in [1.54, 1.807) is 0 Å². The lowest BCUT2D eigenvalue weighted by Crippen LogP contribution is -2.29. The van der Waals surface area contributed by atoms with Crippen molar-refractivity contribution < 1.29 is 16.8 Å². The topological polar surface area (TPSA) is 105 Å². The van der Waals surface area contributed by atoms with Gasteiger partial charge in [0.1, 0.15) is 10.0 Å². The zero-order chi connectivity index (χ0) is 14.5. The maximum absolute atomic E-state index is 11.8. The van der Waals surface area contributed by atoms with Gasteiger partial charge in [-0.2, -0.15) is 0 Å². The van der Waals surface area contributed by atoms with Crippen LogP contribution in [0.1, 0.15) is 6.42 Å². The molecule has 1 aromatic heterocycles. The summed E-state index contributed by atoms with van der Waals surface area (Å²) < 4.78 is 49.8. The van der Waals surface area contributed by atoms with Crippen molar-refractivity contribution in [3.05, 3.63) is 23.5 Å². The Labute approximate surface area is 117 Å². The molecule has 0 amide bonds. The molecule has 0 aliphatic rings. The predicted octanol–water partition coefficient (Wildman–Crippen LogP) is -0.0474. The molecule has 1 rings (SSSR count). The summed E-state index contributed by atoms with van der Waals surface area (Å²) >= 11 is 5.69. The maximum Gasteiger partial charge on any atom is 0.243 e. The van der Waals surface area contributed by atoms with Gasteiger partial charge in [-0.25, -0.2) is 31.3 Å². The quantitative estimate of drug-likeness (QED) is 0.539. The molecule has 0 radical (unpaired) electrons.